The minimum atomic E-state index is 0.0370. The molecule has 0 atom stereocenters. The van der Waals surface area contributed by atoms with E-state index in [2.05, 4.69) is 13.8 Å². The molecule has 154 valence electrons. The summed E-state index contributed by atoms with van der Waals surface area (Å²) >= 11 is 0. The van der Waals surface area contributed by atoms with Crippen LogP contribution >= 0.6 is 0 Å². The van der Waals surface area contributed by atoms with Crippen LogP contribution in [-0.4, -0.2) is 10.2 Å². The fourth-order valence-electron chi connectivity index (χ4n) is 4.12. The monoisotopic (exact) mass is 374 g/mol. The molecule has 1 aliphatic rings. The van der Waals surface area contributed by atoms with Crippen molar-refractivity contribution in [2.45, 2.75) is 117 Å². The minimum Gasteiger partial charge on any atom is -0.504 e. The summed E-state index contributed by atoms with van der Waals surface area (Å²) < 4.78 is 0. The Kier molecular flexibility index (Phi) is 9.51. The summed E-state index contributed by atoms with van der Waals surface area (Å²) in [6.45, 7) is 4.67. The molecule has 2 rings (SSSR count). The van der Waals surface area contributed by atoms with Crippen LogP contribution in [0.15, 0.2) is 12.1 Å². The molecule has 1 aliphatic carbocycles. The second-order valence-corrected chi connectivity index (χ2v) is 9.17. The number of benzene rings is 1. The molecule has 0 aliphatic heterocycles. The van der Waals surface area contributed by atoms with Crippen LogP contribution in [0.2, 0.25) is 0 Å². The van der Waals surface area contributed by atoms with Crippen molar-refractivity contribution in [1.82, 2.24) is 0 Å². The van der Waals surface area contributed by atoms with Crippen LogP contribution in [0.3, 0.4) is 0 Å². The highest BCUT2D eigenvalue weighted by molar-refractivity contribution is 5.49. The third-order valence-electron chi connectivity index (χ3n) is 6.47. The second kappa shape index (κ2) is 11.6. The number of aryl methyl sites for hydroxylation is 1. The van der Waals surface area contributed by atoms with E-state index in [0.717, 1.165) is 24.8 Å². The quantitative estimate of drug-likeness (QED) is 0.244. The molecular weight excluding hydrogens is 332 g/mol. The summed E-state index contributed by atoms with van der Waals surface area (Å²) in [7, 11) is 0. The van der Waals surface area contributed by atoms with Gasteiger partial charge < -0.3 is 10.2 Å². The molecule has 2 N–H and O–H groups in total. The van der Waals surface area contributed by atoms with Crippen LogP contribution < -0.4 is 0 Å². The average molecular weight is 375 g/mol. The highest BCUT2D eigenvalue weighted by atomic mass is 16.3. The third-order valence-corrected chi connectivity index (χ3v) is 6.47. The zero-order valence-electron chi connectivity index (χ0n) is 17.9. The number of hydrogen-bond donors (Lipinski definition) is 2. The SMILES string of the molecule is CCCCCCCCCCc1c(CCCCCC2(C)CC2)ccc(O)c1O. The molecule has 0 saturated heterocycles. The smallest absolute Gasteiger partial charge is 0.160 e. The van der Waals surface area contributed by atoms with Crippen LogP contribution in [0.25, 0.3) is 0 Å². The van der Waals surface area contributed by atoms with E-state index in [1.165, 1.54) is 89.0 Å². The molecule has 0 unspecified atom stereocenters. The van der Waals surface area contributed by atoms with Gasteiger partial charge in [0.2, 0.25) is 0 Å². The largest absolute Gasteiger partial charge is 0.504 e. The molecule has 0 spiro atoms. The summed E-state index contributed by atoms with van der Waals surface area (Å²) in [5.41, 5.74) is 2.90. The molecule has 0 amide bonds. The summed E-state index contributed by atoms with van der Waals surface area (Å²) in [5.74, 6) is 0.163. The molecule has 0 aromatic heterocycles. The summed E-state index contributed by atoms with van der Waals surface area (Å²) in [6.07, 6.45) is 20.3. The normalized spacial score (nSPS) is 15.2. The Bertz CT molecular complexity index is 546. The molecule has 1 fully saturated rings. The number of aromatic hydroxyl groups is 2. The van der Waals surface area contributed by atoms with E-state index in [9.17, 15) is 10.2 Å². The second-order valence-electron chi connectivity index (χ2n) is 9.17. The third kappa shape index (κ3) is 8.15. The lowest BCUT2D eigenvalue weighted by molar-refractivity contribution is 0.397. The maximum atomic E-state index is 10.3. The fraction of sp³-hybridized carbons (Fsp3) is 0.760. The standard InChI is InChI=1S/C25H42O2/c1-3-4-5-6-7-8-9-12-15-22-21(16-17-23(26)24(22)27)14-11-10-13-18-25(2)19-20-25/h16-17,26-27H,3-15,18-20H2,1-2H3. The van der Waals surface area contributed by atoms with Gasteiger partial charge in [0, 0.05) is 5.56 Å². The van der Waals surface area contributed by atoms with Gasteiger partial charge in [-0.2, -0.15) is 0 Å². The maximum Gasteiger partial charge on any atom is 0.160 e. The summed E-state index contributed by atoms with van der Waals surface area (Å²) in [5, 5.41) is 20.2. The van der Waals surface area contributed by atoms with Crippen LogP contribution in [0, 0.1) is 5.41 Å². The molecule has 2 heteroatoms. The average Bonchev–Trinajstić information content (AvgIpc) is 3.39. The number of phenols is 2. The Morgan fingerprint density at radius 3 is 2.04 bits per heavy atom. The van der Waals surface area contributed by atoms with Gasteiger partial charge in [-0.25, -0.2) is 0 Å². The zero-order valence-corrected chi connectivity index (χ0v) is 17.9. The predicted molar refractivity (Wildman–Crippen MR) is 116 cm³/mol. The van der Waals surface area contributed by atoms with Crippen LogP contribution in [-0.2, 0) is 12.8 Å². The van der Waals surface area contributed by atoms with Crippen molar-refractivity contribution in [1.29, 1.82) is 0 Å². The van der Waals surface area contributed by atoms with Gasteiger partial charge in [0.05, 0.1) is 0 Å². The highest BCUT2D eigenvalue weighted by Crippen LogP contribution is 2.49. The van der Waals surface area contributed by atoms with Crippen molar-refractivity contribution in [2.24, 2.45) is 5.41 Å². The lowest BCUT2D eigenvalue weighted by Crippen LogP contribution is -1.98. The molecule has 27 heavy (non-hydrogen) atoms. The first-order valence-corrected chi connectivity index (χ1v) is 11.6. The Morgan fingerprint density at radius 2 is 1.37 bits per heavy atom. The van der Waals surface area contributed by atoms with Crippen LogP contribution in [0.1, 0.15) is 115 Å². The van der Waals surface area contributed by atoms with Crippen LogP contribution in [0.5, 0.6) is 11.5 Å². The first-order valence-electron chi connectivity index (χ1n) is 11.6. The zero-order chi connectivity index (χ0) is 19.5. The van der Waals surface area contributed by atoms with E-state index in [4.69, 9.17) is 0 Å². The summed E-state index contributed by atoms with van der Waals surface area (Å²) in [4.78, 5) is 0. The van der Waals surface area contributed by atoms with E-state index in [0.29, 0.717) is 5.41 Å². The van der Waals surface area contributed by atoms with Crippen molar-refractivity contribution in [3.8, 4) is 11.5 Å². The van der Waals surface area contributed by atoms with Crippen LogP contribution in [0.4, 0.5) is 0 Å². The van der Waals surface area contributed by atoms with E-state index >= 15 is 0 Å². The maximum absolute atomic E-state index is 10.3. The molecular formula is C25H42O2. The minimum absolute atomic E-state index is 0.0370. The van der Waals surface area contributed by atoms with Gasteiger partial charge in [-0.1, -0.05) is 77.7 Å². The Balaban J connectivity index is 1.70. The molecule has 2 nitrogen and oxygen atoms in total. The van der Waals surface area contributed by atoms with Gasteiger partial charge in [0.25, 0.3) is 0 Å². The van der Waals surface area contributed by atoms with Gasteiger partial charge in [-0.15, -0.1) is 0 Å². The van der Waals surface area contributed by atoms with Gasteiger partial charge in [0.1, 0.15) is 0 Å². The van der Waals surface area contributed by atoms with E-state index in [1.54, 1.807) is 6.07 Å². The lowest BCUT2D eigenvalue weighted by atomic mass is 9.94. The van der Waals surface area contributed by atoms with Crippen molar-refractivity contribution in [2.75, 3.05) is 0 Å². The van der Waals surface area contributed by atoms with E-state index in [1.807, 2.05) is 6.07 Å². The number of unbranched alkanes of at least 4 members (excludes halogenated alkanes) is 9. The Hall–Kier alpha value is -1.18. The van der Waals surface area contributed by atoms with Gasteiger partial charge in [-0.3, -0.25) is 0 Å². The van der Waals surface area contributed by atoms with Crippen molar-refractivity contribution < 1.29 is 10.2 Å². The molecule has 1 aromatic carbocycles. The molecule has 1 saturated carbocycles. The molecule has 1 aromatic rings. The predicted octanol–water partition coefficient (Wildman–Crippen LogP) is 7.68. The van der Waals surface area contributed by atoms with Crippen molar-refractivity contribution in [3.05, 3.63) is 23.3 Å². The number of rotatable bonds is 15. The van der Waals surface area contributed by atoms with E-state index in [-0.39, 0.29) is 11.5 Å². The first kappa shape index (κ1) is 22.1. The van der Waals surface area contributed by atoms with E-state index < -0.39 is 0 Å². The molecule has 0 heterocycles. The topological polar surface area (TPSA) is 40.5 Å². The fourth-order valence-corrected chi connectivity index (χ4v) is 4.12. The van der Waals surface area contributed by atoms with Crippen molar-refractivity contribution >= 4 is 0 Å². The first-order chi connectivity index (χ1) is 13.1. The Morgan fingerprint density at radius 1 is 0.778 bits per heavy atom. The Labute approximate surface area is 167 Å². The van der Waals surface area contributed by atoms with Gasteiger partial charge in [-0.05, 0) is 62.0 Å². The molecule has 0 radical (unpaired) electrons. The number of hydrogen-bond acceptors (Lipinski definition) is 2. The van der Waals surface area contributed by atoms with Gasteiger partial charge >= 0.3 is 0 Å². The summed E-state index contributed by atoms with van der Waals surface area (Å²) in [6, 6.07) is 3.68. The number of phenolic OH excluding ortho intramolecular Hbond substituents is 2. The highest BCUT2D eigenvalue weighted by Gasteiger charge is 2.35. The lowest BCUT2D eigenvalue weighted by Gasteiger charge is -2.13. The molecule has 0 bridgehead atoms. The van der Waals surface area contributed by atoms with Gasteiger partial charge in [0.15, 0.2) is 11.5 Å². The van der Waals surface area contributed by atoms with Crippen molar-refractivity contribution in [3.63, 3.8) is 0 Å².